The van der Waals surface area contributed by atoms with E-state index in [4.69, 9.17) is 16.3 Å². The Bertz CT molecular complexity index is 1480. The minimum Gasteiger partial charge on any atom is -0.481 e. The number of rotatable bonds is 12. The smallest absolute Gasteiger partial charge is 0.304 e. The van der Waals surface area contributed by atoms with Gasteiger partial charge in [-0.1, -0.05) is 60.8 Å². The van der Waals surface area contributed by atoms with E-state index in [2.05, 4.69) is 15.3 Å². The lowest BCUT2D eigenvalue weighted by Crippen LogP contribution is -2.38. The molecule has 2 atom stereocenters. The number of carboxylic acid groups (broad SMARTS) is 1. The number of carboxylic acids is 1. The van der Waals surface area contributed by atoms with Crippen molar-refractivity contribution in [2.24, 2.45) is 5.92 Å². The number of ether oxygens (including phenoxy) is 1. The molecule has 1 unspecified atom stereocenters. The molecule has 0 bridgehead atoms. The molecule has 13 heteroatoms. The first kappa shape index (κ1) is 29.8. The summed E-state index contributed by atoms with van der Waals surface area (Å²) in [5.74, 6) is -1.36. The lowest BCUT2D eigenvalue weighted by atomic mass is 9.87. The molecule has 41 heavy (non-hydrogen) atoms. The average molecular weight is 621 g/mol. The number of anilines is 1. The number of aromatic nitrogens is 2. The van der Waals surface area contributed by atoms with Crippen LogP contribution < -0.4 is 5.32 Å². The number of benzene rings is 1. The first-order chi connectivity index (χ1) is 19.7. The van der Waals surface area contributed by atoms with Crippen LogP contribution in [0.15, 0.2) is 41.3 Å². The highest BCUT2D eigenvalue weighted by Crippen LogP contribution is 2.36. The van der Waals surface area contributed by atoms with Crippen molar-refractivity contribution in [2.75, 3.05) is 25.0 Å². The second-order valence-corrected chi connectivity index (χ2v) is 13.9. The van der Waals surface area contributed by atoms with E-state index in [-0.39, 0.29) is 36.4 Å². The average Bonchev–Trinajstić information content (AvgIpc) is 3.72. The zero-order valence-electron chi connectivity index (χ0n) is 22.5. The maximum absolute atomic E-state index is 13.6. The Morgan fingerprint density at radius 1 is 1.10 bits per heavy atom. The highest BCUT2D eigenvalue weighted by atomic mass is 35.5. The molecule has 2 fully saturated rings. The summed E-state index contributed by atoms with van der Waals surface area (Å²) in [6.45, 7) is 0.526. The summed E-state index contributed by atoms with van der Waals surface area (Å²) in [5, 5.41) is 12.9. The Balaban J connectivity index is 1.37. The maximum atomic E-state index is 13.6. The van der Waals surface area contributed by atoms with Gasteiger partial charge in [-0.25, -0.2) is 18.4 Å². The van der Waals surface area contributed by atoms with Crippen LogP contribution in [0.25, 0.3) is 10.3 Å². The first-order valence-corrected chi connectivity index (χ1v) is 16.5. The lowest BCUT2D eigenvalue weighted by Gasteiger charge is -2.25. The van der Waals surface area contributed by atoms with E-state index in [9.17, 15) is 23.1 Å². The third kappa shape index (κ3) is 7.42. The molecule has 10 nitrogen and oxygen atoms in total. The summed E-state index contributed by atoms with van der Waals surface area (Å²) in [5.41, 5.74) is 1.36. The van der Waals surface area contributed by atoms with Crippen molar-refractivity contribution in [3.05, 3.63) is 47.1 Å². The number of amides is 1. The monoisotopic (exact) mass is 620 g/mol. The number of sulfonamides is 1. The van der Waals surface area contributed by atoms with Crippen molar-refractivity contribution in [2.45, 2.75) is 68.3 Å². The second-order valence-electron chi connectivity index (χ2n) is 10.6. The zero-order valence-corrected chi connectivity index (χ0v) is 24.9. The Labute approximate surface area is 248 Å². The number of nitrogens with one attached hydrogen (secondary N) is 1. The predicted molar refractivity (Wildman–Crippen MR) is 157 cm³/mol. The number of thiazole rings is 1. The van der Waals surface area contributed by atoms with Crippen LogP contribution in [0.4, 0.5) is 5.13 Å². The number of aliphatic carboxylic acids is 1. The van der Waals surface area contributed by atoms with E-state index in [0.717, 1.165) is 38.5 Å². The molecule has 0 spiro atoms. The van der Waals surface area contributed by atoms with Crippen molar-refractivity contribution in [1.29, 1.82) is 0 Å². The van der Waals surface area contributed by atoms with Gasteiger partial charge in [0.2, 0.25) is 15.9 Å². The molecule has 2 aromatic heterocycles. The van der Waals surface area contributed by atoms with E-state index in [1.807, 2.05) is 0 Å². The van der Waals surface area contributed by atoms with Crippen molar-refractivity contribution >= 4 is 60.3 Å². The zero-order chi connectivity index (χ0) is 29.0. The number of fused-ring (bicyclic) bond motifs is 1. The Morgan fingerprint density at radius 2 is 1.85 bits per heavy atom. The lowest BCUT2D eigenvalue weighted by molar-refractivity contribution is -0.137. The van der Waals surface area contributed by atoms with Crippen LogP contribution in [-0.4, -0.2) is 65.5 Å². The number of hydrogen-bond donors (Lipinski definition) is 2. The number of carbonyl (C=O) groups excluding carboxylic acids is 1. The summed E-state index contributed by atoms with van der Waals surface area (Å²) in [6, 6.07) is 9.79. The normalized spacial score (nSPS) is 18.7. The summed E-state index contributed by atoms with van der Waals surface area (Å²) < 4.78 is 33.9. The minimum atomic E-state index is -3.97. The number of pyridine rings is 1. The molecule has 0 radical (unpaired) electrons. The van der Waals surface area contributed by atoms with Crippen molar-refractivity contribution in [3.8, 4) is 0 Å². The Kier molecular flexibility index (Phi) is 9.55. The molecule has 3 heterocycles. The van der Waals surface area contributed by atoms with Crippen LogP contribution >= 0.6 is 22.9 Å². The van der Waals surface area contributed by atoms with E-state index in [1.165, 1.54) is 27.8 Å². The van der Waals surface area contributed by atoms with Gasteiger partial charge in [-0.2, -0.15) is 4.31 Å². The molecule has 2 aliphatic rings. The molecule has 5 rings (SSSR count). The van der Waals surface area contributed by atoms with Gasteiger partial charge in [0.15, 0.2) is 5.13 Å². The number of hydrogen-bond acceptors (Lipinski definition) is 8. The Hall–Kier alpha value is -2.64. The van der Waals surface area contributed by atoms with Crippen molar-refractivity contribution in [1.82, 2.24) is 14.3 Å². The van der Waals surface area contributed by atoms with Crippen LogP contribution in [0.1, 0.15) is 62.8 Å². The quantitative estimate of drug-likeness (QED) is 0.260. The van der Waals surface area contributed by atoms with E-state index < -0.39 is 21.9 Å². The third-order valence-corrected chi connectivity index (χ3v) is 10.7. The highest BCUT2D eigenvalue weighted by Gasteiger charge is 2.31. The standard InChI is InChI=1S/C28H33ClN4O6S2/c29-24-12-11-23-27(31-24)40-28(30-23)32-26(36)22(16-18-4-1-2-5-18)19-7-9-21(10-8-19)41(37,38)33(14-13-25(34)35)17-20-6-3-15-39-20/h7-12,18,20,22H,1-6,13-17H2,(H,34,35)(H,30,32,36)/t20?,22-/m1/s1. The summed E-state index contributed by atoms with van der Waals surface area (Å²) in [7, 11) is -3.97. The van der Waals surface area contributed by atoms with Crippen LogP contribution in [0, 0.1) is 5.92 Å². The topological polar surface area (TPSA) is 139 Å². The van der Waals surface area contributed by atoms with Crippen LogP contribution in [-0.2, 0) is 24.3 Å². The molecule has 1 aliphatic heterocycles. The molecule has 1 amide bonds. The van der Waals surface area contributed by atoms with Gasteiger partial charge < -0.3 is 15.2 Å². The van der Waals surface area contributed by atoms with E-state index >= 15 is 0 Å². The second kappa shape index (κ2) is 13.1. The molecule has 1 aliphatic carbocycles. The molecular weight excluding hydrogens is 588 g/mol. The number of carbonyl (C=O) groups is 2. The largest absolute Gasteiger partial charge is 0.481 e. The summed E-state index contributed by atoms with van der Waals surface area (Å²) in [4.78, 5) is 34.2. The molecule has 3 aromatic rings. The molecule has 220 valence electrons. The van der Waals surface area contributed by atoms with Crippen LogP contribution in [0.5, 0.6) is 0 Å². The van der Waals surface area contributed by atoms with Gasteiger partial charge in [0.1, 0.15) is 15.5 Å². The van der Waals surface area contributed by atoms with Crippen LogP contribution in [0.3, 0.4) is 0 Å². The Morgan fingerprint density at radius 3 is 2.54 bits per heavy atom. The fraction of sp³-hybridized carbons (Fsp3) is 0.500. The summed E-state index contributed by atoms with van der Waals surface area (Å²) >= 11 is 7.25. The van der Waals surface area contributed by atoms with Crippen molar-refractivity contribution < 1.29 is 27.9 Å². The molecule has 1 saturated heterocycles. The molecule has 1 saturated carbocycles. The van der Waals surface area contributed by atoms with Crippen molar-refractivity contribution in [3.63, 3.8) is 0 Å². The van der Waals surface area contributed by atoms with E-state index in [0.29, 0.717) is 45.1 Å². The van der Waals surface area contributed by atoms with Gasteiger partial charge in [0, 0.05) is 19.7 Å². The van der Waals surface area contributed by atoms with E-state index in [1.54, 1.807) is 24.3 Å². The highest BCUT2D eigenvalue weighted by molar-refractivity contribution is 7.89. The van der Waals surface area contributed by atoms with Crippen LogP contribution in [0.2, 0.25) is 5.15 Å². The first-order valence-electron chi connectivity index (χ1n) is 13.9. The van der Waals surface area contributed by atoms with Gasteiger partial charge in [0.25, 0.3) is 0 Å². The number of nitrogens with zero attached hydrogens (tertiary/aromatic N) is 3. The fourth-order valence-electron chi connectivity index (χ4n) is 5.58. The van der Waals surface area contributed by atoms with Gasteiger partial charge in [-0.3, -0.25) is 9.59 Å². The van der Waals surface area contributed by atoms with Gasteiger partial charge in [-0.05, 0) is 55.0 Å². The molecular formula is C28H33ClN4O6S2. The summed E-state index contributed by atoms with van der Waals surface area (Å²) in [6.07, 6.45) is 6.05. The van der Waals surface area contributed by atoms with Gasteiger partial charge >= 0.3 is 5.97 Å². The van der Waals surface area contributed by atoms with Gasteiger partial charge in [-0.15, -0.1) is 0 Å². The number of halogens is 1. The predicted octanol–water partition coefficient (Wildman–Crippen LogP) is 5.29. The third-order valence-electron chi connectivity index (χ3n) is 7.74. The molecule has 2 N–H and O–H groups in total. The maximum Gasteiger partial charge on any atom is 0.304 e. The SMILES string of the molecule is O=C(O)CCN(CC1CCCO1)S(=O)(=O)c1ccc([C@@H](CC2CCCC2)C(=O)Nc2nc3ccc(Cl)nc3s2)cc1. The van der Waals surface area contributed by atoms with Gasteiger partial charge in [0.05, 0.1) is 23.3 Å². The minimum absolute atomic E-state index is 0.0544. The molecule has 1 aromatic carbocycles. The fourth-order valence-corrected chi connectivity index (χ4v) is 8.09.